The fourth-order valence-electron chi connectivity index (χ4n) is 3.11. The first-order valence-corrected chi connectivity index (χ1v) is 10.1. The van der Waals surface area contributed by atoms with E-state index in [1.54, 1.807) is 0 Å². The van der Waals surface area contributed by atoms with Gasteiger partial charge in [0.05, 0.1) is 5.75 Å². The summed E-state index contributed by atoms with van der Waals surface area (Å²) >= 11 is 0. The van der Waals surface area contributed by atoms with Gasteiger partial charge in [-0.25, -0.2) is 8.42 Å². The summed E-state index contributed by atoms with van der Waals surface area (Å²) in [7, 11) is -0.959. The van der Waals surface area contributed by atoms with Gasteiger partial charge in [-0.2, -0.15) is 0 Å². The predicted molar refractivity (Wildman–Crippen MR) is 93.3 cm³/mol. The summed E-state index contributed by atoms with van der Waals surface area (Å²) in [6.07, 6.45) is 2.77. The molecule has 0 spiro atoms. The number of amides is 1. The van der Waals surface area contributed by atoms with Crippen molar-refractivity contribution in [2.45, 2.75) is 38.8 Å². The quantitative estimate of drug-likeness (QED) is 0.825. The third kappa shape index (κ3) is 4.70. The first-order valence-electron chi connectivity index (χ1n) is 8.08. The molecule has 0 saturated carbocycles. The number of likely N-dealkylation sites (N-methyl/N-ethyl adjacent to an activating group) is 1. The second kappa shape index (κ2) is 7.34. The monoisotopic (exact) mass is 338 g/mol. The fraction of sp³-hybridized carbons (Fsp3) is 0.588. The normalized spacial score (nSPS) is 18.5. The van der Waals surface area contributed by atoms with Crippen molar-refractivity contribution >= 4 is 21.4 Å². The molecule has 0 saturated heterocycles. The Kier molecular flexibility index (Phi) is 5.68. The Labute approximate surface area is 139 Å². The maximum absolute atomic E-state index is 12.6. The first-order chi connectivity index (χ1) is 10.8. The zero-order valence-corrected chi connectivity index (χ0v) is 15.0. The maximum Gasteiger partial charge on any atom is 0.223 e. The summed E-state index contributed by atoms with van der Waals surface area (Å²) in [6.45, 7) is 3.48. The Morgan fingerprint density at radius 1 is 1.30 bits per heavy atom. The van der Waals surface area contributed by atoms with E-state index in [0.29, 0.717) is 13.0 Å². The van der Waals surface area contributed by atoms with Gasteiger partial charge >= 0.3 is 0 Å². The Morgan fingerprint density at radius 2 is 2.00 bits per heavy atom. The van der Waals surface area contributed by atoms with Gasteiger partial charge in [-0.05, 0) is 24.5 Å². The molecule has 1 aromatic rings. The van der Waals surface area contributed by atoms with Gasteiger partial charge in [0, 0.05) is 44.5 Å². The highest BCUT2D eigenvalue weighted by atomic mass is 32.2. The van der Waals surface area contributed by atoms with Crippen LogP contribution in [0.25, 0.3) is 0 Å². The van der Waals surface area contributed by atoms with Crippen LogP contribution in [0.3, 0.4) is 0 Å². The molecule has 1 aromatic carbocycles. The van der Waals surface area contributed by atoms with Crippen LogP contribution in [-0.4, -0.2) is 50.9 Å². The van der Waals surface area contributed by atoms with Crippen LogP contribution < -0.4 is 4.90 Å². The minimum atomic E-state index is -3.01. The van der Waals surface area contributed by atoms with Crippen molar-refractivity contribution in [3.05, 3.63) is 29.8 Å². The van der Waals surface area contributed by atoms with Crippen LogP contribution in [0.15, 0.2) is 24.3 Å². The Morgan fingerprint density at radius 3 is 2.65 bits per heavy atom. The van der Waals surface area contributed by atoms with Gasteiger partial charge in [-0.15, -0.1) is 0 Å². The second-order valence-electron chi connectivity index (χ2n) is 6.33. The molecule has 1 aliphatic heterocycles. The van der Waals surface area contributed by atoms with E-state index in [4.69, 9.17) is 0 Å². The zero-order chi connectivity index (χ0) is 17.0. The number of rotatable bonds is 5. The molecule has 1 aliphatic rings. The largest absolute Gasteiger partial charge is 0.372 e. The van der Waals surface area contributed by atoms with Gasteiger partial charge in [0.25, 0.3) is 0 Å². The average molecular weight is 338 g/mol. The molecule has 0 fully saturated rings. The number of benzene rings is 1. The van der Waals surface area contributed by atoms with Crippen molar-refractivity contribution in [2.24, 2.45) is 0 Å². The molecule has 0 aromatic heterocycles. The fourth-order valence-corrected chi connectivity index (χ4v) is 3.78. The number of fused-ring (bicyclic) bond motifs is 1. The number of para-hydroxylation sites is 1. The number of carbonyl (C=O) groups excluding carboxylic acids is 1. The van der Waals surface area contributed by atoms with Crippen LogP contribution in [0.4, 0.5) is 5.69 Å². The predicted octanol–water partition coefficient (Wildman–Crippen LogP) is 2.07. The Hall–Kier alpha value is -1.56. The van der Waals surface area contributed by atoms with Gasteiger partial charge in [-0.3, -0.25) is 4.79 Å². The summed E-state index contributed by atoms with van der Waals surface area (Å²) in [6, 6.07) is 8.30. The lowest BCUT2D eigenvalue weighted by atomic mass is 10.1. The van der Waals surface area contributed by atoms with Crippen LogP contribution in [0.5, 0.6) is 0 Å². The van der Waals surface area contributed by atoms with Gasteiger partial charge in [-0.1, -0.05) is 25.1 Å². The lowest BCUT2D eigenvalue weighted by Gasteiger charge is -2.30. The van der Waals surface area contributed by atoms with E-state index in [-0.39, 0.29) is 24.1 Å². The summed E-state index contributed by atoms with van der Waals surface area (Å²) in [5.74, 6) is 0.116. The van der Waals surface area contributed by atoms with E-state index in [1.807, 2.05) is 17.0 Å². The smallest absolute Gasteiger partial charge is 0.223 e. The second-order valence-corrected chi connectivity index (χ2v) is 8.59. The molecular formula is C17H26N2O3S. The lowest BCUT2D eigenvalue weighted by Crippen LogP contribution is -2.43. The number of hydrogen-bond acceptors (Lipinski definition) is 4. The molecule has 2 rings (SSSR count). The molecule has 0 unspecified atom stereocenters. The Balaban J connectivity index is 2.14. The minimum Gasteiger partial charge on any atom is -0.372 e. The Bertz CT molecular complexity index is 658. The standard InChI is InChI=1S/C17H26N2O3S/c1-4-15-13-18(2)16-9-6-5-8-14(16)12-19(15)17(20)10-7-11-23(3,21)22/h5-6,8-9,15H,4,7,10-13H2,1-3H3/t15-/m1/s1. The molecule has 23 heavy (non-hydrogen) atoms. The average Bonchev–Trinajstić information content (AvgIpc) is 2.63. The zero-order valence-electron chi connectivity index (χ0n) is 14.2. The van der Waals surface area contributed by atoms with Gasteiger partial charge in [0.1, 0.15) is 9.84 Å². The van der Waals surface area contributed by atoms with Crippen molar-refractivity contribution < 1.29 is 13.2 Å². The van der Waals surface area contributed by atoms with Crippen molar-refractivity contribution in [3.8, 4) is 0 Å². The van der Waals surface area contributed by atoms with Crippen LogP contribution in [-0.2, 0) is 21.2 Å². The first kappa shape index (κ1) is 17.8. The highest BCUT2D eigenvalue weighted by Crippen LogP contribution is 2.27. The number of sulfone groups is 1. The van der Waals surface area contributed by atoms with E-state index in [0.717, 1.165) is 24.2 Å². The highest BCUT2D eigenvalue weighted by molar-refractivity contribution is 7.90. The number of carbonyl (C=O) groups is 1. The molecule has 0 N–H and O–H groups in total. The molecule has 1 amide bonds. The van der Waals surface area contributed by atoms with Crippen molar-refractivity contribution in [3.63, 3.8) is 0 Å². The van der Waals surface area contributed by atoms with Crippen LogP contribution in [0.2, 0.25) is 0 Å². The summed E-state index contributed by atoms with van der Waals surface area (Å²) < 4.78 is 22.5. The molecular weight excluding hydrogens is 312 g/mol. The molecule has 5 nitrogen and oxygen atoms in total. The van der Waals surface area contributed by atoms with Crippen molar-refractivity contribution in [1.82, 2.24) is 4.90 Å². The van der Waals surface area contributed by atoms with E-state index in [1.165, 1.54) is 6.26 Å². The topological polar surface area (TPSA) is 57.7 Å². The van der Waals surface area contributed by atoms with Gasteiger partial charge in [0.15, 0.2) is 0 Å². The van der Waals surface area contributed by atoms with E-state index in [2.05, 4.69) is 31.0 Å². The lowest BCUT2D eigenvalue weighted by molar-refractivity contribution is -0.134. The third-order valence-corrected chi connectivity index (χ3v) is 5.40. The molecule has 0 bridgehead atoms. The third-order valence-electron chi connectivity index (χ3n) is 4.37. The highest BCUT2D eigenvalue weighted by Gasteiger charge is 2.28. The number of nitrogens with zero attached hydrogens (tertiary/aromatic N) is 2. The molecule has 6 heteroatoms. The summed E-state index contributed by atoms with van der Waals surface area (Å²) in [5, 5.41) is 0. The molecule has 1 heterocycles. The van der Waals surface area contributed by atoms with Crippen molar-refractivity contribution in [2.75, 3.05) is 30.5 Å². The van der Waals surface area contributed by atoms with Crippen LogP contribution >= 0.6 is 0 Å². The van der Waals surface area contributed by atoms with E-state index < -0.39 is 9.84 Å². The van der Waals surface area contributed by atoms with Crippen molar-refractivity contribution in [1.29, 1.82) is 0 Å². The number of hydrogen-bond donors (Lipinski definition) is 0. The van der Waals surface area contributed by atoms with E-state index in [9.17, 15) is 13.2 Å². The molecule has 0 radical (unpaired) electrons. The van der Waals surface area contributed by atoms with Gasteiger partial charge in [0.2, 0.25) is 5.91 Å². The van der Waals surface area contributed by atoms with Gasteiger partial charge < -0.3 is 9.80 Å². The minimum absolute atomic E-state index is 0.0469. The summed E-state index contributed by atoms with van der Waals surface area (Å²) in [5.41, 5.74) is 2.31. The molecule has 0 aliphatic carbocycles. The molecule has 128 valence electrons. The number of anilines is 1. The van der Waals surface area contributed by atoms with E-state index >= 15 is 0 Å². The SMILES string of the molecule is CC[C@@H]1CN(C)c2ccccc2CN1C(=O)CCCS(C)(=O)=O. The van der Waals surface area contributed by atoms with Crippen LogP contribution in [0, 0.1) is 0 Å². The summed E-state index contributed by atoms with van der Waals surface area (Å²) in [4.78, 5) is 16.8. The maximum atomic E-state index is 12.6. The molecule has 1 atom stereocenters. The van der Waals surface area contributed by atoms with Crippen LogP contribution in [0.1, 0.15) is 31.7 Å².